The Hall–Kier alpha value is -0.850. The molecule has 1 heteroatoms. The second-order valence-electron chi connectivity index (χ2n) is 4.92. The van der Waals surface area contributed by atoms with E-state index in [1.807, 2.05) is 19.9 Å². The van der Waals surface area contributed by atoms with Crippen LogP contribution in [0.25, 0.3) is 0 Å². The predicted molar refractivity (Wildman–Crippen MR) is 61.7 cm³/mol. The van der Waals surface area contributed by atoms with Gasteiger partial charge in [0.05, 0.1) is 0 Å². The van der Waals surface area contributed by atoms with Crippen molar-refractivity contribution < 1.29 is 4.39 Å². The summed E-state index contributed by atoms with van der Waals surface area (Å²) in [5.41, 5.74) is 2.05. The highest BCUT2D eigenvalue weighted by atomic mass is 19.1. The zero-order valence-electron chi connectivity index (χ0n) is 9.59. The third-order valence-electron chi connectivity index (χ3n) is 3.47. The van der Waals surface area contributed by atoms with Gasteiger partial charge in [0.25, 0.3) is 0 Å². The van der Waals surface area contributed by atoms with Crippen LogP contribution in [-0.2, 0) is 0 Å². The highest BCUT2D eigenvalue weighted by Crippen LogP contribution is 2.35. The molecule has 0 radical (unpaired) electrons. The fourth-order valence-corrected chi connectivity index (χ4v) is 2.52. The third kappa shape index (κ3) is 2.22. The molecule has 1 aromatic rings. The molecule has 0 heterocycles. The Labute approximate surface area is 91.5 Å². The normalized spacial score (nSPS) is 17.6. The summed E-state index contributed by atoms with van der Waals surface area (Å²) in [6.45, 7) is 4.07. The lowest BCUT2D eigenvalue weighted by Gasteiger charge is -2.13. The van der Waals surface area contributed by atoms with Crippen molar-refractivity contribution in [1.82, 2.24) is 0 Å². The molecule has 1 aliphatic carbocycles. The summed E-state index contributed by atoms with van der Waals surface area (Å²) in [6, 6.07) is 5.84. The van der Waals surface area contributed by atoms with Crippen molar-refractivity contribution in [2.24, 2.45) is 0 Å². The zero-order valence-corrected chi connectivity index (χ0v) is 9.59. The maximum Gasteiger partial charge on any atom is 0.126 e. The molecule has 0 amide bonds. The molecule has 0 aromatic heterocycles. The van der Waals surface area contributed by atoms with Gasteiger partial charge in [-0.05, 0) is 41.9 Å². The van der Waals surface area contributed by atoms with Gasteiger partial charge in [-0.15, -0.1) is 0 Å². The first kappa shape index (κ1) is 10.7. The minimum atomic E-state index is -0.0191. The summed E-state index contributed by atoms with van der Waals surface area (Å²) in [5.74, 6) is 0.873. The monoisotopic (exact) mass is 206 g/mol. The number of rotatable bonds is 2. The van der Waals surface area contributed by atoms with Gasteiger partial charge >= 0.3 is 0 Å². The Morgan fingerprint density at radius 2 is 1.87 bits per heavy atom. The van der Waals surface area contributed by atoms with E-state index in [9.17, 15) is 4.39 Å². The highest BCUT2D eigenvalue weighted by Gasteiger charge is 2.18. The molecule has 0 atom stereocenters. The van der Waals surface area contributed by atoms with Crippen molar-refractivity contribution in [2.45, 2.75) is 51.4 Å². The van der Waals surface area contributed by atoms with Gasteiger partial charge in [-0.1, -0.05) is 38.8 Å². The smallest absolute Gasteiger partial charge is 0.126 e. The maximum absolute atomic E-state index is 13.8. The van der Waals surface area contributed by atoms with Gasteiger partial charge in [0.2, 0.25) is 0 Å². The molecule has 15 heavy (non-hydrogen) atoms. The lowest BCUT2D eigenvalue weighted by molar-refractivity contribution is 0.591. The molecule has 0 N–H and O–H groups in total. The summed E-state index contributed by atoms with van der Waals surface area (Å²) in [4.78, 5) is 0. The minimum Gasteiger partial charge on any atom is -0.207 e. The molecule has 1 aliphatic rings. The highest BCUT2D eigenvalue weighted by molar-refractivity contribution is 5.29. The molecule has 0 unspecified atom stereocenters. The second kappa shape index (κ2) is 4.34. The van der Waals surface area contributed by atoms with E-state index < -0.39 is 0 Å². The van der Waals surface area contributed by atoms with Crippen LogP contribution in [0.1, 0.15) is 62.5 Å². The van der Waals surface area contributed by atoms with E-state index in [0.717, 1.165) is 5.56 Å². The average molecular weight is 206 g/mol. The molecule has 0 aliphatic heterocycles. The Morgan fingerprint density at radius 3 is 2.40 bits per heavy atom. The minimum absolute atomic E-state index is 0.0191. The molecule has 2 rings (SSSR count). The molecule has 1 saturated carbocycles. The molecule has 0 bridgehead atoms. The Kier molecular flexibility index (Phi) is 3.08. The Bertz CT molecular complexity index is 335. The third-order valence-corrected chi connectivity index (χ3v) is 3.47. The fraction of sp³-hybridized carbons (Fsp3) is 0.571. The summed E-state index contributed by atoms with van der Waals surface area (Å²) in [7, 11) is 0. The quantitative estimate of drug-likeness (QED) is 0.663. The molecule has 0 saturated heterocycles. The van der Waals surface area contributed by atoms with Crippen LogP contribution in [0.15, 0.2) is 18.2 Å². The van der Waals surface area contributed by atoms with Gasteiger partial charge in [0, 0.05) is 0 Å². The predicted octanol–water partition coefficient (Wildman–Crippen LogP) is 4.61. The van der Waals surface area contributed by atoms with Crippen LogP contribution in [0, 0.1) is 5.82 Å². The van der Waals surface area contributed by atoms with Crippen molar-refractivity contribution in [1.29, 1.82) is 0 Å². The lowest BCUT2D eigenvalue weighted by atomic mass is 9.94. The van der Waals surface area contributed by atoms with Gasteiger partial charge < -0.3 is 0 Å². The Balaban J connectivity index is 2.24. The summed E-state index contributed by atoms with van der Waals surface area (Å²) in [6.07, 6.45) is 5.08. The van der Waals surface area contributed by atoms with E-state index in [1.54, 1.807) is 6.07 Å². The van der Waals surface area contributed by atoms with Crippen LogP contribution in [-0.4, -0.2) is 0 Å². The van der Waals surface area contributed by atoms with E-state index in [4.69, 9.17) is 0 Å². The first-order valence-electron chi connectivity index (χ1n) is 5.98. The zero-order chi connectivity index (χ0) is 10.8. The number of benzene rings is 1. The number of hydrogen-bond acceptors (Lipinski definition) is 0. The van der Waals surface area contributed by atoms with Crippen LogP contribution >= 0.6 is 0 Å². The first-order valence-corrected chi connectivity index (χ1v) is 5.98. The standard InChI is InChI=1S/C14H19F/c1-10(2)13-8-7-12(9-14(13)15)11-5-3-4-6-11/h7-11H,3-6H2,1-2H3. The molecule has 1 fully saturated rings. The fourth-order valence-electron chi connectivity index (χ4n) is 2.52. The van der Waals surface area contributed by atoms with E-state index in [2.05, 4.69) is 6.07 Å². The molecule has 0 spiro atoms. The molecular weight excluding hydrogens is 187 g/mol. The second-order valence-corrected chi connectivity index (χ2v) is 4.92. The molecule has 0 nitrogen and oxygen atoms in total. The van der Waals surface area contributed by atoms with Gasteiger partial charge in [0.1, 0.15) is 5.82 Å². The topological polar surface area (TPSA) is 0 Å². The van der Waals surface area contributed by atoms with Gasteiger partial charge in [-0.25, -0.2) is 4.39 Å². The van der Waals surface area contributed by atoms with Crippen molar-refractivity contribution in [3.63, 3.8) is 0 Å². The van der Waals surface area contributed by atoms with E-state index in [1.165, 1.54) is 31.2 Å². The largest absolute Gasteiger partial charge is 0.207 e. The van der Waals surface area contributed by atoms with Gasteiger partial charge in [-0.3, -0.25) is 0 Å². The summed E-state index contributed by atoms with van der Waals surface area (Å²) < 4.78 is 13.8. The molecular formula is C14H19F. The first-order chi connectivity index (χ1) is 7.18. The summed E-state index contributed by atoms with van der Waals surface area (Å²) in [5, 5.41) is 0. The molecule has 1 aromatic carbocycles. The van der Waals surface area contributed by atoms with E-state index in [-0.39, 0.29) is 11.7 Å². The van der Waals surface area contributed by atoms with Crippen LogP contribution < -0.4 is 0 Å². The average Bonchev–Trinajstić information content (AvgIpc) is 2.69. The molecule has 82 valence electrons. The van der Waals surface area contributed by atoms with E-state index >= 15 is 0 Å². The van der Waals surface area contributed by atoms with Crippen molar-refractivity contribution in [3.8, 4) is 0 Å². The van der Waals surface area contributed by atoms with Crippen LogP contribution in [0.3, 0.4) is 0 Å². The van der Waals surface area contributed by atoms with Crippen LogP contribution in [0.2, 0.25) is 0 Å². The number of halogens is 1. The maximum atomic E-state index is 13.8. The van der Waals surface area contributed by atoms with Crippen LogP contribution in [0.5, 0.6) is 0 Å². The lowest BCUT2D eigenvalue weighted by Crippen LogP contribution is -1.98. The van der Waals surface area contributed by atoms with Crippen molar-refractivity contribution in [3.05, 3.63) is 35.1 Å². The van der Waals surface area contributed by atoms with Gasteiger partial charge in [-0.2, -0.15) is 0 Å². The van der Waals surface area contributed by atoms with Crippen molar-refractivity contribution >= 4 is 0 Å². The van der Waals surface area contributed by atoms with E-state index in [0.29, 0.717) is 5.92 Å². The van der Waals surface area contributed by atoms with Gasteiger partial charge in [0.15, 0.2) is 0 Å². The number of hydrogen-bond donors (Lipinski definition) is 0. The SMILES string of the molecule is CC(C)c1ccc(C2CCCC2)cc1F. The van der Waals surface area contributed by atoms with Crippen molar-refractivity contribution in [2.75, 3.05) is 0 Å². The Morgan fingerprint density at radius 1 is 1.20 bits per heavy atom. The van der Waals surface area contributed by atoms with Crippen LogP contribution in [0.4, 0.5) is 4.39 Å². The summed E-state index contributed by atoms with van der Waals surface area (Å²) >= 11 is 0.